The van der Waals surface area contributed by atoms with E-state index in [9.17, 15) is 0 Å². The summed E-state index contributed by atoms with van der Waals surface area (Å²) in [5.41, 5.74) is 7.30. The molecule has 0 saturated carbocycles. The van der Waals surface area contributed by atoms with E-state index in [1.165, 1.54) is 5.69 Å². The maximum atomic E-state index is 5.56. The molecule has 0 fully saturated rings. The van der Waals surface area contributed by atoms with Gasteiger partial charge in [-0.1, -0.05) is 0 Å². The molecule has 2 heterocycles. The van der Waals surface area contributed by atoms with E-state index in [1.807, 2.05) is 18.2 Å². The van der Waals surface area contributed by atoms with Gasteiger partial charge in [-0.2, -0.15) is 4.80 Å². The maximum Gasteiger partial charge on any atom is 0.134 e. The van der Waals surface area contributed by atoms with Crippen molar-refractivity contribution in [1.29, 1.82) is 0 Å². The Morgan fingerprint density at radius 2 is 1.67 bits per heavy atom. The monoisotopic (exact) mass is 360 g/mol. The van der Waals surface area contributed by atoms with Crippen molar-refractivity contribution in [3.63, 3.8) is 0 Å². The molecule has 0 atom stereocenters. The molecular weight excluding hydrogens is 336 g/mol. The summed E-state index contributed by atoms with van der Waals surface area (Å²) in [6, 6.07) is 14.4. The number of anilines is 1. The largest absolute Gasteiger partial charge is 0.464 e. The van der Waals surface area contributed by atoms with Crippen molar-refractivity contribution in [2.45, 2.75) is 27.7 Å². The molecule has 0 bridgehead atoms. The van der Waals surface area contributed by atoms with Gasteiger partial charge in [-0.25, -0.2) is 0 Å². The number of hydrogen-bond acceptors (Lipinski definition) is 4. The van der Waals surface area contributed by atoms with Crippen LogP contribution in [0.25, 0.3) is 28.0 Å². The van der Waals surface area contributed by atoms with Gasteiger partial charge in [0.1, 0.15) is 16.8 Å². The predicted octanol–water partition coefficient (Wildman–Crippen LogP) is 5.14. The van der Waals surface area contributed by atoms with Crippen LogP contribution < -0.4 is 4.90 Å². The van der Waals surface area contributed by atoms with Crippen molar-refractivity contribution in [3.05, 3.63) is 59.9 Å². The van der Waals surface area contributed by atoms with E-state index in [0.29, 0.717) is 0 Å². The van der Waals surface area contributed by atoms with E-state index >= 15 is 0 Å². The summed E-state index contributed by atoms with van der Waals surface area (Å²) in [7, 11) is 0. The smallest absolute Gasteiger partial charge is 0.134 e. The second-order valence-electron chi connectivity index (χ2n) is 6.77. The Bertz CT molecular complexity index is 1080. The predicted molar refractivity (Wildman–Crippen MR) is 110 cm³/mol. The van der Waals surface area contributed by atoms with Crippen LogP contribution in [0.1, 0.15) is 25.0 Å². The number of benzene rings is 2. The maximum absolute atomic E-state index is 5.56. The molecule has 0 saturated heterocycles. The first-order valence-electron chi connectivity index (χ1n) is 9.38. The number of hydrogen-bond donors (Lipinski definition) is 0. The van der Waals surface area contributed by atoms with Crippen molar-refractivity contribution in [2.24, 2.45) is 0 Å². The minimum Gasteiger partial charge on any atom is -0.464 e. The van der Waals surface area contributed by atoms with E-state index in [0.717, 1.165) is 52.3 Å². The molecule has 4 aromatic rings. The Kier molecular flexibility index (Phi) is 4.44. The van der Waals surface area contributed by atoms with E-state index in [-0.39, 0.29) is 0 Å². The highest BCUT2D eigenvalue weighted by Gasteiger charge is 2.13. The summed E-state index contributed by atoms with van der Waals surface area (Å²) in [6.45, 7) is 10.5. The molecule has 0 N–H and O–H groups in total. The van der Waals surface area contributed by atoms with Crippen LogP contribution in [0.2, 0.25) is 0 Å². The lowest BCUT2D eigenvalue weighted by atomic mass is 10.1. The topological polar surface area (TPSA) is 47.1 Å². The fourth-order valence-electron chi connectivity index (χ4n) is 3.52. The molecule has 0 aliphatic rings. The third-order valence-corrected chi connectivity index (χ3v) is 5.04. The zero-order valence-electron chi connectivity index (χ0n) is 16.2. The minimum absolute atomic E-state index is 0.851. The van der Waals surface area contributed by atoms with Crippen molar-refractivity contribution >= 4 is 16.7 Å². The van der Waals surface area contributed by atoms with Gasteiger partial charge in [-0.3, -0.25) is 0 Å². The van der Waals surface area contributed by atoms with Crippen molar-refractivity contribution < 1.29 is 4.42 Å². The normalized spacial score (nSPS) is 11.3. The van der Waals surface area contributed by atoms with Crippen LogP contribution in [0.3, 0.4) is 0 Å². The second kappa shape index (κ2) is 6.91. The van der Waals surface area contributed by atoms with Gasteiger partial charge < -0.3 is 9.32 Å². The summed E-state index contributed by atoms with van der Waals surface area (Å²) in [6.07, 6.45) is 1.69. The molecule has 2 aromatic carbocycles. The molecule has 5 nitrogen and oxygen atoms in total. The molecule has 0 aliphatic carbocycles. The molecule has 0 amide bonds. The van der Waals surface area contributed by atoms with Gasteiger partial charge >= 0.3 is 0 Å². The van der Waals surface area contributed by atoms with E-state index in [2.05, 4.69) is 56.9 Å². The highest BCUT2D eigenvalue weighted by Crippen LogP contribution is 2.28. The Balaban J connectivity index is 1.76. The summed E-state index contributed by atoms with van der Waals surface area (Å²) < 4.78 is 5.56. The van der Waals surface area contributed by atoms with Crippen LogP contribution in [-0.2, 0) is 0 Å². The highest BCUT2D eigenvalue weighted by atomic mass is 16.3. The molecule has 0 radical (unpaired) electrons. The highest BCUT2D eigenvalue weighted by molar-refractivity contribution is 5.82. The summed E-state index contributed by atoms with van der Waals surface area (Å²) >= 11 is 0. The zero-order valence-corrected chi connectivity index (χ0v) is 16.2. The fraction of sp³-hybridized carbons (Fsp3) is 0.273. The third kappa shape index (κ3) is 3.10. The third-order valence-electron chi connectivity index (χ3n) is 5.04. The molecule has 5 heteroatoms. The van der Waals surface area contributed by atoms with Crippen molar-refractivity contribution in [2.75, 3.05) is 18.0 Å². The summed E-state index contributed by atoms with van der Waals surface area (Å²) in [5, 5.41) is 9.42. The first kappa shape index (κ1) is 17.3. The number of furan rings is 1. The van der Waals surface area contributed by atoms with E-state index < -0.39 is 0 Å². The van der Waals surface area contributed by atoms with Crippen LogP contribution in [0.5, 0.6) is 0 Å². The number of aromatic nitrogens is 3. The molecule has 4 rings (SSSR count). The molecule has 138 valence electrons. The Hall–Kier alpha value is -3.08. The van der Waals surface area contributed by atoms with Gasteiger partial charge in [-0.05, 0) is 81.3 Å². The van der Waals surface area contributed by atoms with E-state index in [1.54, 1.807) is 11.1 Å². The number of aryl methyl sites for hydroxylation is 2. The van der Waals surface area contributed by atoms with Crippen molar-refractivity contribution in [3.8, 4) is 17.0 Å². The molecular formula is C22H24N4O. The van der Waals surface area contributed by atoms with Gasteiger partial charge in [0, 0.05) is 24.3 Å². The fourth-order valence-corrected chi connectivity index (χ4v) is 3.52. The Morgan fingerprint density at radius 1 is 0.926 bits per heavy atom. The summed E-state index contributed by atoms with van der Waals surface area (Å²) in [5.74, 6) is 0.851. The number of rotatable bonds is 5. The lowest BCUT2D eigenvalue weighted by Gasteiger charge is -2.22. The summed E-state index contributed by atoms with van der Waals surface area (Å²) in [4.78, 5) is 4.07. The van der Waals surface area contributed by atoms with Crippen LogP contribution in [0, 0.1) is 13.8 Å². The average Bonchev–Trinajstić information content (AvgIpc) is 3.31. The Labute approximate surface area is 159 Å². The van der Waals surface area contributed by atoms with Gasteiger partial charge in [-0.15, -0.1) is 10.2 Å². The first-order valence-corrected chi connectivity index (χ1v) is 9.38. The van der Waals surface area contributed by atoms with Crippen molar-refractivity contribution in [1.82, 2.24) is 15.0 Å². The van der Waals surface area contributed by atoms with Gasteiger partial charge in [0.05, 0.1) is 12.0 Å². The number of fused-ring (bicyclic) bond motifs is 1. The first-order chi connectivity index (χ1) is 13.1. The van der Waals surface area contributed by atoms with Crippen LogP contribution in [0.15, 0.2) is 53.1 Å². The second-order valence-corrected chi connectivity index (χ2v) is 6.77. The lowest BCUT2D eigenvalue weighted by molar-refractivity contribution is 0.582. The standard InChI is InChI=1S/C22H24N4O/c1-5-25(6-2)17-9-10-21(16(4)12-17)26-23-19-13-15(3)18(14-20(19)24-26)22-8-7-11-27-22/h7-14H,5-6H2,1-4H3. The molecule has 2 aromatic heterocycles. The average molecular weight is 360 g/mol. The Morgan fingerprint density at radius 3 is 2.30 bits per heavy atom. The van der Waals surface area contributed by atoms with Gasteiger partial charge in [0.2, 0.25) is 0 Å². The minimum atomic E-state index is 0.851. The zero-order chi connectivity index (χ0) is 19.0. The van der Waals surface area contributed by atoms with Crippen LogP contribution in [-0.4, -0.2) is 28.1 Å². The molecule has 0 unspecified atom stereocenters. The molecule has 0 spiro atoms. The lowest BCUT2D eigenvalue weighted by Crippen LogP contribution is -2.21. The molecule has 27 heavy (non-hydrogen) atoms. The van der Waals surface area contributed by atoms with Gasteiger partial charge in [0.25, 0.3) is 0 Å². The number of nitrogens with zero attached hydrogens (tertiary/aromatic N) is 4. The van der Waals surface area contributed by atoms with Crippen LogP contribution >= 0.6 is 0 Å². The van der Waals surface area contributed by atoms with Gasteiger partial charge in [0.15, 0.2) is 0 Å². The molecule has 0 aliphatic heterocycles. The van der Waals surface area contributed by atoms with E-state index in [4.69, 9.17) is 14.6 Å². The quantitative estimate of drug-likeness (QED) is 0.494. The van der Waals surface area contributed by atoms with Crippen LogP contribution in [0.4, 0.5) is 5.69 Å². The SMILES string of the molecule is CCN(CC)c1ccc(-n2nc3cc(C)c(-c4ccco4)cc3n2)c(C)c1.